The average molecular weight is 357 g/mol. The van der Waals surface area contributed by atoms with E-state index < -0.39 is 0 Å². The number of ether oxygens (including phenoxy) is 3. The summed E-state index contributed by atoms with van der Waals surface area (Å²) in [5.74, 6) is 2.27. The van der Waals surface area contributed by atoms with Crippen LogP contribution in [0.1, 0.15) is 30.5 Å². The van der Waals surface area contributed by atoms with E-state index in [4.69, 9.17) is 14.2 Å². The van der Waals surface area contributed by atoms with Gasteiger partial charge in [0, 0.05) is 13.5 Å². The third-order valence-corrected chi connectivity index (χ3v) is 4.65. The molecule has 0 spiro atoms. The fourth-order valence-electron chi connectivity index (χ4n) is 2.79. The predicted octanol–water partition coefficient (Wildman–Crippen LogP) is 3.86. The molecule has 5 heteroatoms. The summed E-state index contributed by atoms with van der Waals surface area (Å²) in [6, 6.07) is 13.5. The van der Waals surface area contributed by atoms with Gasteiger partial charge in [0.25, 0.3) is 0 Å². The molecule has 0 saturated carbocycles. The minimum Gasteiger partial charge on any atom is -0.497 e. The van der Waals surface area contributed by atoms with Gasteiger partial charge in [-0.3, -0.25) is 4.79 Å². The minimum absolute atomic E-state index is 0.00110. The van der Waals surface area contributed by atoms with Crippen LogP contribution in [0.25, 0.3) is 0 Å². The number of carbonyl (C=O) groups excluding carboxylic acids is 1. The normalized spacial score (nSPS) is 11.6. The van der Waals surface area contributed by atoms with Crippen LogP contribution < -0.4 is 14.2 Å². The number of hydrogen-bond donors (Lipinski definition) is 0. The molecule has 0 aliphatic heterocycles. The third-order valence-electron chi connectivity index (χ3n) is 4.65. The lowest BCUT2D eigenvalue weighted by molar-refractivity contribution is -0.131. The fraction of sp³-hybridized carbons (Fsp3) is 0.381. The van der Waals surface area contributed by atoms with Crippen LogP contribution in [0.4, 0.5) is 0 Å². The van der Waals surface area contributed by atoms with Gasteiger partial charge in [0.05, 0.1) is 27.4 Å². The van der Waals surface area contributed by atoms with Crippen LogP contribution in [0.15, 0.2) is 42.5 Å². The topological polar surface area (TPSA) is 48.0 Å². The van der Waals surface area contributed by atoms with Crippen LogP contribution in [0.2, 0.25) is 0 Å². The largest absolute Gasteiger partial charge is 0.497 e. The second-order valence-corrected chi connectivity index (χ2v) is 6.14. The Morgan fingerprint density at radius 2 is 1.62 bits per heavy atom. The van der Waals surface area contributed by atoms with Crippen LogP contribution in [-0.2, 0) is 11.2 Å². The highest BCUT2D eigenvalue weighted by Gasteiger charge is 2.17. The molecule has 2 rings (SSSR count). The Balaban J connectivity index is 1.97. The molecule has 140 valence electrons. The van der Waals surface area contributed by atoms with Crippen molar-refractivity contribution >= 4 is 5.91 Å². The summed E-state index contributed by atoms with van der Waals surface area (Å²) >= 11 is 0. The molecule has 0 radical (unpaired) electrons. The summed E-state index contributed by atoms with van der Waals surface area (Å²) in [5.41, 5.74) is 2.12. The quantitative estimate of drug-likeness (QED) is 0.720. The van der Waals surface area contributed by atoms with E-state index in [0.717, 1.165) is 16.9 Å². The molecule has 0 aliphatic rings. The summed E-state index contributed by atoms with van der Waals surface area (Å²) in [5, 5.41) is 0. The van der Waals surface area contributed by atoms with Crippen LogP contribution in [0, 0.1) is 0 Å². The van der Waals surface area contributed by atoms with Crippen molar-refractivity contribution < 1.29 is 19.0 Å². The summed E-state index contributed by atoms with van der Waals surface area (Å²) < 4.78 is 15.7. The Morgan fingerprint density at radius 3 is 2.19 bits per heavy atom. The molecule has 2 aromatic rings. The zero-order valence-corrected chi connectivity index (χ0v) is 16.1. The number of rotatable bonds is 8. The van der Waals surface area contributed by atoms with Gasteiger partial charge in [-0.25, -0.2) is 0 Å². The second kappa shape index (κ2) is 9.13. The van der Waals surface area contributed by atoms with E-state index >= 15 is 0 Å². The van der Waals surface area contributed by atoms with Gasteiger partial charge in [-0.2, -0.15) is 0 Å². The fourth-order valence-corrected chi connectivity index (χ4v) is 2.79. The summed E-state index contributed by atoms with van der Waals surface area (Å²) in [4.78, 5) is 14.4. The van der Waals surface area contributed by atoms with Gasteiger partial charge >= 0.3 is 0 Å². The molecule has 0 fully saturated rings. The van der Waals surface area contributed by atoms with Crippen LogP contribution >= 0.6 is 0 Å². The average Bonchev–Trinajstić information content (AvgIpc) is 2.70. The van der Waals surface area contributed by atoms with Gasteiger partial charge in [-0.15, -0.1) is 0 Å². The van der Waals surface area contributed by atoms with Gasteiger partial charge in [-0.05, 0) is 48.7 Å². The summed E-state index contributed by atoms with van der Waals surface area (Å²) in [7, 11) is 6.70. The Bertz CT molecular complexity index is 727. The maximum atomic E-state index is 12.6. The van der Waals surface area contributed by atoms with Crippen molar-refractivity contribution in [2.75, 3.05) is 28.4 Å². The van der Waals surface area contributed by atoms with E-state index in [2.05, 4.69) is 0 Å². The first kappa shape index (κ1) is 19.6. The molecule has 0 saturated heterocycles. The molecule has 1 amide bonds. The van der Waals surface area contributed by atoms with E-state index in [-0.39, 0.29) is 11.9 Å². The molecule has 2 aromatic carbocycles. The molecule has 1 atom stereocenters. The number of hydrogen-bond acceptors (Lipinski definition) is 4. The van der Waals surface area contributed by atoms with Crippen molar-refractivity contribution in [3.8, 4) is 17.2 Å². The molecule has 0 aliphatic carbocycles. The van der Waals surface area contributed by atoms with Crippen molar-refractivity contribution in [1.29, 1.82) is 0 Å². The van der Waals surface area contributed by atoms with Crippen molar-refractivity contribution in [2.45, 2.75) is 25.8 Å². The first-order valence-electron chi connectivity index (χ1n) is 8.60. The van der Waals surface area contributed by atoms with Crippen LogP contribution in [0.3, 0.4) is 0 Å². The molecule has 1 unspecified atom stereocenters. The Morgan fingerprint density at radius 1 is 0.962 bits per heavy atom. The summed E-state index contributed by atoms with van der Waals surface area (Å²) in [6.07, 6.45) is 1.09. The second-order valence-electron chi connectivity index (χ2n) is 6.14. The predicted molar refractivity (Wildman–Crippen MR) is 102 cm³/mol. The molecule has 0 N–H and O–H groups in total. The Kier molecular flexibility index (Phi) is 6.89. The van der Waals surface area contributed by atoms with E-state index in [1.165, 1.54) is 0 Å². The number of nitrogens with zero attached hydrogens (tertiary/aromatic N) is 1. The molecular weight excluding hydrogens is 330 g/mol. The van der Waals surface area contributed by atoms with Gasteiger partial charge in [-0.1, -0.05) is 18.2 Å². The monoisotopic (exact) mass is 357 g/mol. The lowest BCUT2D eigenvalue weighted by Gasteiger charge is -2.25. The first-order valence-corrected chi connectivity index (χ1v) is 8.60. The SMILES string of the molecule is COc1ccc(C(C)N(C)C(=O)CCc2ccc(OC)c(OC)c2)cc1. The van der Waals surface area contributed by atoms with Crippen LogP contribution in [0.5, 0.6) is 17.2 Å². The smallest absolute Gasteiger partial charge is 0.223 e. The molecule has 0 bridgehead atoms. The van der Waals surface area contributed by atoms with E-state index in [1.54, 1.807) is 26.2 Å². The van der Waals surface area contributed by atoms with E-state index in [1.807, 2.05) is 56.4 Å². The maximum absolute atomic E-state index is 12.6. The van der Waals surface area contributed by atoms with Gasteiger partial charge in [0.2, 0.25) is 5.91 Å². The summed E-state index contributed by atoms with van der Waals surface area (Å²) in [6.45, 7) is 2.02. The van der Waals surface area contributed by atoms with Crippen molar-refractivity contribution in [1.82, 2.24) is 4.90 Å². The van der Waals surface area contributed by atoms with Crippen molar-refractivity contribution in [3.63, 3.8) is 0 Å². The number of methoxy groups -OCH3 is 3. The van der Waals surface area contributed by atoms with Crippen LogP contribution in [-0.4, -0.2) is 39.2 Å². The number of benzene rings is 2. The highest BCUT2D eigenvalue weighted by atomic mass is 16.5. The number of amides is 1. The van der Waals surface area contributed by atoms with E-state index in [9.17, 15) is 4.79 Å². The first-order chi connectivity index (χ1) is 12.5. The Hall–Kier alpha value is -2.69. The standard InChI is InChI=1S/C21H27NO4/c1-15(17-8-10-18(24-3)11-9-17)22(2)21(23)13-7-16-6-12-19(25-4)20(14-16)26-5/h6,8-12,14-15H,7,13H2,1-5H3. The molecule has 5 nitrogen and oxygen atoms in total. The highest BCUT2D eigenvalue weighted by molar-refractivity contribution is 5.76. The lowest BCUT2D eigenvalue weighted by atomic mass is 10.1. The molecule has 0 heterocycles. The van der Waals surface area contributed by atoms with Crippen molar-refractivity contribution in [3.05, 3.63) is 53.6 Å². The molecular formula is C21H27NO4. The Labute approximate surface area is 155 Å². The number of aryl methyl sites for hydroxylation is 1. The molecule has 26 heavy (non-hydrogen) atoms. The zero-order valence-electron chi connectivity index (χ0n) is 16.1. The lowest BCUT2D eigenvalue weighted by Crippen LogP contribution is -2.29. The van der Waals surface area contributed by atoms with Gasteiger partial charge in [0.1, 0.15) is 5.75 Å². The highest BCUT2D eigenvalue weighted by Crippen LogP contribution is 2.28. The van der Waals surface area contributed by atoms with E-state index in [0.29, 0.717) is 24.3 Å². The minimum atomic E-state index is -0.00110. The maximum Gasteiger partial charge on any atom is 0.223 e. The third kappa shape index (κ3) is 4.69. The molecule has 0 aromatic heterocycles. The van der Waals surface area contributed by atoms with Gasteiger partial charge < -0.3 is 19.1 Å². The number of carbonyl (C=O) groups is 1. The van der Waals surface area contributed by atoms with Gasteiger partial charge in [0.15, 0.2) is 11.5 Å². The van der Waals surface area contributed by atoms with Crippen molar-refractivity contribution in [2.24, 2.45) is 0 Å². The zero-order chi connectivity index (χ0) is 19.1.